The summed E-state index contributed by atoms with van der Waals surface area (Å²) in [6.07, 6.45) is 21.8. The second-order valence-electron chi connectivity index (χ2n) is 8.48. The molecule has 32 heavy (non-hydrogen) atoms. The molecule has 0 amide bonds. The molecule has 0 aliphatic carbocycles. The summed E-state index contributed by atoms with van der Waals surface area (Å²) in [6, 6.07) is 6.42. The number of esters is 2. The molecule has 0 bridgehead atoms. The molecule has 0 unspecified atom stereocenters. The molecule has 0 radical (unpaired) electrons. The van der Waals surface area contributed by atoms with E-state index < -0.39 is 5.97 Å². The van der Waals surface area contributed by atoms with Gasteiger partial charge in [-0.15, -0.1) is 0 Å². The Morgan fingerprint density at radius 3 is 1.50 bits per heavy atom. The van der Waals surface area contributed by atoms with Gasteiger partial charge in [0.2, 0.25) is 0 Å². The first kappa shape index (κ1) is 27.9. The lowest BCUT2D eigenvalue weighted by atomic mass is 10.0. The van der Waals surface area contributed by atoms with Crippen LogP contribution >= 0.6 is 0 Å². The van der Waals surface area contributed by atoms with Crippen LogP contribution in [0.3, 0.4) is 0 Å². The van der Waals surface area contributed by atoms with Crippen LogP contribution in [0.1, 0.15) is 124 Å². The van der Waals surface area contributed by atoms with Crippen molar-refractivity contribution in [2.75, 3.05) is 13.2 Å². The molecule has 0 fully saturated rings. The largest absolute Gasteiger partial charge is 0.462 e. The molecule has 1 aromatic rings. The van der Waals surface area contributed by atoms with E-state index in [4.69, 9.17) is 9.47 Å². The van der Waals surface area contributed by atoms with Crippen LogP contribution < -0.4 is 0 Å². The van der Waals surface area contributed by atoms with E-state index in [0.29, 0.717) is 17.7 Å². The Morgan fingerprint density at radius 2 is 1.06 bits per heavy atom. The molecule has 0 heterocycles. The maximum absolute atomic E-state index is 12.1. The zero-order valence-electron chi connectivity index (χ0n) is 20.4. The summed E-state index contributed by atoms with van der Waals surface area (Å²) in [4.78, 5) is 24.0. The van der Waals surface area contributed by atoms with Gasteiger partial charge in [-0.3, -0.25) is 0 Å². The minimum absolute atomic E-state index is 0.248. The van der Waals surface area contributed by atoms with E-state index in [1.807, 2.05) is 13.0 Å². The summed E-state index contributed by atoms with van der Waals surface area (Å²) in [5.74, 6) is -0.737. The SMILES string of the molecule is C/C=C/COC(=O)c1ccc(C(=O)OCCCCCCCCCCCCCCCC)cc1. The Kier molecular flexibility index (Phi) is 17.1. The minimum atomic E-state index is -0.398. The van der Waals surface area contributed by atoms with Gasteiger partial charge < -0.3 is 9.47 Å². The van der Waals surface area contributed by atoms with Crippen LogP contribution in [0.4, 0.5) is 0 Å². The number of benzene rings is 1. The summed E-state index contributed by atoms with van der Waals surface area (Å²) in [7, 11) is 0. The third-order valence-electron chi connectivity index (χ3n) is 5.63. The first-order valence-corrected chi connectivity index (χ1v) is 12.7. The molecule has 4 heteroatoms. The number of carbonyl (C=O) groups is 2. The molecule has 0 spiro atoms. The maximum atomic E-state index is 12.1. The van der Waals surface area contributed by atoms with E-state index in [1.54, 1.807) is 30.3 Å². The predicted octanol–water partition coefficient (Wildman–Crippen LogP) is 8.06. The molecule has 0 aliphatic rings. The first-order chi connectivity index (χ1) is 15.7. The van der Waals surface area contributed by atoms with E-state index in [2.05, 4.69) is 6.92 Å². The number of rotatable bonds is 19. The predicted molar refractivity (Wildman–Crippen MR) is 132 cm³/mol. The maximum Gasteiger partial charge on any atom is 0.338 e. The second-order valence-corrected chi connectivity index (χ2v) is 8.48. The standard InChI is InChI=1S/C28H44O4/c1-3-5-7-8-9-10-11-12-13-14-15-16-17-18-24-32-28(30)26-21-19-25(20-22-26)27(29)31-23-6-4-2/h4,6,19-22H,3,5,7-18,23-24H2,1-2H3/b6-4+. The van der Waals surface area contributed by atoms with Crippen molar-refractivity contribution in [3.8, 4) is 0 Å². The average molecular weight is 445 g/mol. The van der Waals surface area contributed by atoms with Crippen LogP contribution in [-0.2, 0) is 9.47 Å². The van der Waals surface area contributed by atoms with Crippen LogP contribution in [0, 0.1) is 0 Å². The van der Waals surface area contributed by atoms with Gasteiger partial charge in [-0.25, -0.2) is 9.59 Å². The van der Waals surface area contributed by atoms with E-state index >= 15 is 0 Å². The molecule has 1 rings (SSSR count). The number of hydrogen-bond acceptors (Lipinski definition) is 4. The quantitative estimate of drug-likeness (QED) is 0.123. The summed E-state index contributed by atoms with van der Waals surface area (Å²) in [5, 5.41) is 0. The van der Waals surface area contributed by atoms with Gasteiger partial charge in [0.15, 0.2) is 0 Å². The van der Waals surface area contributed by atoms with Crippen molar-refractivity contribution in [1.82, 2.24) is 0 Å². The first-order valence-electron chi connectivity index (χ1n) is 12.7. The number of hydrogen-bond donors (Lipinski definition) is 0. The Labute approximate surface area is 195 Å². The fourth-order valence-electron chi connectivity index (χ4n) is 3.59. The summed E-state index contributed by atoms with van der Waals surface area (Å²) in [5.41, 5.74) is 0.887. The minimum Gasteiger partial charge on any atom is -0.462 e. The van der Waals surface area contributed by atoms with Crippen LogP contribution in [0.2, 0.25) is 0 Å². The van der Waals surface area contributed by atoms with Gasteiger partial charge in [0.1, 0.15) is 6.61 Å². The summed E-state index contributed by atoms with van der Waals surface area (Å²) < 4.78 is 10.4. The molecule has 0 atom stereocenters. The highest BCUT2D eigenvalue weighted by atomic mass is 16.5. The molecular formula is C28H44O4. The zero-order valence-corrected chi connectivity index (χ0v) is 20.4. The monoisotopic (exact) mass is 444 g/mol. The molecule has 1 aromatic carbocycles. The van der Waals surface area contributed by atoms with Crippen molar-refractivity contribution in [3.05, 3.63) is 47.5 Å². The number of carbonyl (C=O) groups excluding carboxylic acids is 2. The van der Waals surface area contributed by atoms with Crippen molar-refractivity contribution in [2.45, 2.75) is 104 Å². The Bertz CT molecular complexity index is 633. The highest BCUT2D eigenvalue weighted by molar-refractivity contribution is 5.93. The topological polar surface area (TPSA) is 52.6 Å². The van der Waals surface area contributed by atoms with Crippen LogP contribution in [0.15, 0.2) is 36.4 Å². The molecule has 0 aliphatic heterocycles. The Morgan fingerprint density at radius 1 is 0.656 bits per heavy atom. The lowest BCUT2D eigenvalue weighted by molar-refractivity contribution is 0.0494. The van der Waals surface area contributed by atoms with Gasteiger partial charge in [-0.05, 0) is 37.6 Å². The van der Waals surface area contributed by atoms with Crippen LogP contribution in [0.25, 0.3) is 0 Å². The van der Waals surface area contributed by atoms with Gasteiger partial charge >= 0.3 is 11.9 Å². The molecule has 0 aromatic heterocycles. The van der Waals surface area contributed by atoms with Gasteiger partial charge in [-0.2, -0.15) is 0 Å². The Hall–Kier alpha value is -2.10. The van der Waals surface area contributed by atoms with Crippen LogP contribution in [-0.4, -0.2) is 25.2 Å². The molecule has 0 saturated heterocycles. The van der Waals surface area contributed by atoms with Crippen molar-refractivity contribution in [1.29, 1.82) is 0 Å². The third kappa shape index (κ3) is 14.1. The van der Waals surface area contributed by atoms with Crippen molar-refractivity contribution < 1.29 is 19.1 Å². The zero-order chi connectivity index (χ0) is 23.3. The lowest BCUT2D eigenvalue weighted by Crippen LogP contribution is -2.08. The fourth-order valence-corrected chi connectivity index (χ4v) is 3.59. The normalized spacial score (nSPS) is 11.1. The lowest BCUT2D eigenvalue weighted by Gasteiger charge is -2.06. The second kappa shape index (κ2) is 19.6. The number of allylic oxidation sites excluding steroid dienone is 1. The van der Waals surface area contributed by atoms with E-state index in [-0.39, 0.29) is 12.6 Å². The molecule has 4 nitrogen and oxygen atoms in total. The third-order valence-corrected chi connectivity index (χ3v) is 5.63. The Balaban J connectivity index is 1.99. The molecule has 0 saturated carbocycles. The smallest absolute Gasteiger partial charge is 0.338 e. The highest BCUT2D eigenvalue weighted by Crippen LogP contribution is 2.13. The van der Waals surface area contributed by atoms with Gasteiger partial charge in [-0.1, -0.05) is 103 Å². The molecular weight excluding hydrogens is 400 g/mol. The van der Waals surface area contributed by atoms with Crippen molar-refractivity contribution >= 4 is 11.9 Å². The van der Waals surface area contributed by atoms with Gasteiger partial charge in [0.25, 0.3) is 0 Å². The van der Waals surface area contributed by atoms with E-state index in [0.717, 1.165) is 12.8 Å². The van der Waals surface area contributed by atoms with Crippen molar-refractivity contribution in [2.24, 2.45) is 0 Å². The van der Waals surface area contributed by atoms with E-state index in [1.165, 1.54) is 77.0 Å². The van der Waals surface area contributed by atoms with Crippen molar-refractivity contribution in [3.63, 3.8) is 0 Å². The highest BCUT2D eigenvalue weighted by Gasteiger charge is 2.10. The van der Waals surface area contributed by atoms with Gasteiger partial charge in [0, 0.05) is 0 Å². The fraction of sp³-hybridized carbons (Fsp3) is 0.643. The summed E-state index contributed by atoms with van der Waals surface area (Å²) >= 11 is 0. The number of ether oxygens (including phenoxy) is 2. The number of unbranched alkanes of at least 4 members (excludes halogenated alkanes) is 13. The molecule has 0 N–H and O–H groups in total. The summed E-state index contributed by atoms with van der Waals surface area (Å²) in [6.45, 7) is 4.83. The van der Waals surface area contributed by atoms with Gasteiger partial charge in [0.05, 0.1) is 17.7 Å². The average Bonchev–Trinajstić information content (AvgIpc) is 2.81. The molecule has 180 valence electrons. The van der Waals surface area contributed by atoms with E-state index in [9.17, 15) is 9.59 Å². The van der Waals surface area contributed by atoms with Crippen LogP contribution in [0.5, 0.6) is 0 Å².